The molecule has 5 nitrogen and oxygen atoms in total. The third-order valence-electron chi connectivity index (χ3n) is 5.64. The zero-order valence-corrected chi connectivity index (χ0v) is 17.2. The summed E-state index contributed by atoms with van der Waals surface area (Å²) < 4.78 is 11.0. The Hall–Kier alpha value is -3.34. The Bertz CT molecular complexity index is 1040. The predicted octanol–water partition coefficient (Wildman–Crippen LogP) is 4.41. The average molecular weight is 403 g/mol. The Labute approximate surface area is 176 Å². The molecule has 0 radical (unpaired) electrons. The maximum Gasteiger partial charge on any atom is 0.337 e. The molecule has 0 spiro atoms. The van der Waals surface area contributed by atoms with Crippen LogP contribution in [0.2, 0.25) is 0 Å². The largest absolute Gasteiger partial charge is 0.497 e. The van der Waals surface area contributed by atoms with Crippen molar-refractivity contribution in [3.05, 3.63) is 88.3 Å². The molecule has 2 aromatic carbocycles. The lowest BCUT2D eigenvalue weighted by Gasteiger charge is -2.34. The molecule has 1 aliphatic heterocycles. The van der Waals surface area contributed by atoms with Crippen molar-refractivity contribution in [3.63, 3.8) is 0 Å². The van der Waals surface area contributed by atoms with Crippen molar-refractivity contribution in [1.29, 1.82) is 0 Å². The number of hydrogen-bond acceptors (Lipinski definition) is 5. The van der Waals surface area contributed by atoms with Crippen LogP contribution in [0.5, 0.6) is 5.75 Å². The SMILES string of the molecule is COc1cccc(C2C(C(=O)OCc3ccccc3)=C(C)NC3=C2C(=O)CCC3)c1. The van der Waals surface area contributed by atoms with Crippen molar-refractivity contribution in [2.24, 2.45) is 0 Å². The number of carbonyl (C=O) groups is 2. The van der Waals surface area contributed by atoms with Crippen molar-refractivity contribution in [2.45, 2.75) is 38.7 Å². The Morgan fingerprint density at radius 1 is 1.10 bits per heavy atom. The fourth-order valence-corrected chi connectivity index (χ4v) is 4.21. The Balaban J connectivity index is 1.72. The number of methoxy groups -OCH3 is 1. The molecule has 5 heteroatoms. The molecule has 2 aliphatic rings. The molecule has 0 fully saturated rings. The molecule has 2 aromatic rings. The van der Waals surface area contributed by atoms with Gasteiger partial charge in [-0.3, -0.25) is 4.79 Å². The lowest BCUT2D eigenvalue weighted by molar-refractivity contribution is -0.140. The van der Waals surface area contributed by atoms with E-state index < -0.39 is 11.9 Å². The van der Waals surface area contributed by atoms with Crippen LogP contribution in [0.25, 0.3) is 0 Å². The molecule has 0 aromatic heterocycles. The molecule has 0 amide bonds. The molecular formula is C25H25NO4. The topological polar surface area (TPSA) is 64.6 Å². The van der Waals surface area contributed by atoms with Crippen LogP contribution in [-0.2, 0) is 20.9 Å². The summed E-state index contributed by atoms with van der Waals surface area (Å²) in [5.41, 5.74) is 4.56. The lowest BCUT2D eigenvalue weighted by atomic mass is 9.75. The van der Waals surface area contributed by atoms with E-state index in [1.807, 2.05) is 61.5 Å². The first kappa shape index (κ1) is 20.0. The van der Waals surface area contributed by atoms with Crippen LogP contribution in [0, 0.1) is 0 Å². The number of carbonyl (C=O) groups excluding carboxylic acids is 2. The van der Waals surface area contributed by atoms with E-state index in [9.17, 15) is 9.59 Å². The quantitative estimate of drug-likeness (QED) is 0.750. The van der Waals surface area contributed by atoms with Gasteiger partial charge in [0.15, 0.2) is 5.78 Å². The van der Waals surface area contributed by atoms with E-state index in [-0.39, 0.29) is 12.4 Å². The lowest BCUT2D eigenvalue weighted by Crippen LogP contribution is -2.34. The molecule has 154 valence electrons. The number of allylic oxidation sites excluding steroid dienone is 3. The fraction of sp³-hybridized carbons (Fsp3) is 0.280. The first-order valence-corrected chi connectivity index (χ1v) is 10.2. The average Bonchev–Trinajstić information content (AvgIpc) is 2.77. The fourth-order valence-electron chi connectivity index (χ4n) is 4.21. The van der Waals surface area contributed by atoms with Crippen LogP contribution >= 0.6 is 0 Å². The van der Waals surface area contributed by atoms with Crippen molar-refractivity contribution in [2.75, 3.05) is 7.11 Å². The highest BCUT2D eigenvalue weighted by Crippen LogP contribution is 2.43. The molecule has 0 saturated heterocycles. The summed E-state index contributed by atoms with van der Waals surface area (Å²) in [5.74, 6) is -0.113. The first-order valence-electron chi connectivity index (χ1n) is 10.2. The Morgan fingerprint density at radius 3 is 2.67 bits per heavy atom. The highest BCUT2D eigenvalue weighted by atomic mass is 16.5. The van der Waals surface area contributed by atoms with Gasteiger partial charge in [0.1, 0.15) is 12.4 Å². The van der Waals surface area contributed by atoms with Crippen molar-refractivity contribution in [1.82, 2.24) is 5.32 Å². The van der Waals surface area contributed by atoms with Gasteiger partial charge in [-0.15, -0.1) is 0 Å². The van der Waals surface area contributed by atoms with Crippen LogP contribution < -0.4 is 10.1 Å². The van der Waals surface area contributed by atoms with Gasteiger partial charge in [-0.05, 0) is 43.0 Å². The van der Waals surface area contributed by atoms with Crippen LogP contribution in [-0.4, -0.2) is 18.9 Å². The van der Waals surface area contributed by atoms with Crippen LogP contribution in [0.15, 0.2) is 77.1 Å². The minimum atomic E-state index is -0.465. The number of dihydropyridines is 1. The second-order valence-corrected chi connectivity index (χ2v) is 7.60. The summed E-state index contributed by atoms with van der Waals surface area (Å²) in [5, 5.41) is 3.31. The maximum atomic E-state index is 13.2. The number of esters is 1. The summed E-state index contributed by atoms with van der Waals surface area (Å²) in [6.45, 7) is 2.05. The van der Waals surface area contributed by atoms with Crippen LogP contribution in [0.4, 0.5) is 0 Å². The van der Waals surface area contributed by atoms with Gasteiger partial charge < -0.3 is 14.8 Å². The highest BCUT2D eigenvalue weighted by Gasteiger charge is 2.39. The Kier molecular flexibility index (Phi) is 5.70. The third-order valence-corrected chi connectivity index (χ3v) is 5.64. The number of benzene rings is 2. The second-order valence-electron chi connectivity index (χ2n) is 7.60. The van der Waals surface area contributed by atoms with Gasteiger partial charge in [-0.25, -0.2) is 4.79 Å². The molecule has 1 aliphatic carbocycles. The summed E-state index contributed by atoms with van der Waals surface area (Å²) >= 11 is 0. The number of Topliss-reactive ketones (excluding diaryl/α,β-unsaturated/α-hetero) is 1. The van der Waals surface area contributed by atoms with Gasteiger partial charge >= 0.3 is 5.97 Å². The molecule has 0 bridgehead atoms. The molecule has 30 heavy (non-hydrogen) atoms. The maximum absolute atomic E-state index is 13.2. The van der Waals surface area contributed by atoms with E-state index in [0.717, 1.165) is 35.4 Å². The first-order chi connectivity index (χ1) is 14.6. The van der Waals surface area contributed by atoms with E-state index in [2.05, 4.69) is 5.32 Å². The molecule has 1 unspecified atom stereocenters. The molecule has 4 rings (SSSR count). The molecule has 0 saturated carbocycles. The van der Waals surface area contributed by atoms with Gasteiger partial charge in [0, 0.05) is 29.3 Å². The third kappa shape index (κ3) is 3.88. The summed E-state index contributed by atoms with van der Waals surface area (Å²) in [7, 11) is 1.61. The smallest absolute Gasteiger partial charge is 0.337 e. The Morgan fingerprint density at radius 2 is 1.90 bits per heavy atom. The van der Waals surface area contributed by atoms with Gasteiger partial charge in [-0.2, -0.15) is 0 Å². The zero-order chi connectivity index (χ0) is 21.1. The van der Waals surface area contributed by atoms with Crippen molar-refractivity contribution in [3.8, 4) is 5.75 Å². The van der Waals surface area contributed by atoms with Gasteiger partial charge in [0.25, 0.3) is 0 Å². The van der Waals surface area contributed by atoms with E-state index in [4.69, 9.17) is 9.47 Å². The van der Waals surface area contributed by atoms with Gasteiger partial charge in [-0.1, -0.05) is 42.5 Å². The predicted molar refractivity (Wildman–Crippen MR) is 114 cm³/mol. The number of nitrogens with one attached hydrogen (secondary N) is 1. The minimum Gasteiger partial charge on any atom is -0.497 e. The van der Waals surface area contributed by atoms with Crippen molar-refractivity contribution >= 4 is 11.8 Å². The van der Waals surface area contributed by atoms with E-state index >= 15 is 0 Å². The van der Waals surface area contributed by atoms with E-state index in [0.29, 0.717) is 23.3 Å². The van der Waals surface area contributed by atoms with Gasteiger partial charge in [0.2, 0.25) is 0 Å². The monoisotopic (exact) mass is 403 g/mol. The zero-order valence-electron chi connectivity index (χ0n) is 17.2. The number of rotatable bonds is 5. The minimum absolute atomic E-state index is 0.0810. The van der Waals surface area contributed by atoms with Crippen LogP contribution in [0.3, 0.4) is 0 Å². The summed E-state index contributed by atoms with van der Waals surface area (Å²) in [6, 6.07) is 17.1. The number of ketones is 1. The number of ether oxygens (including phenoxy) is 2. The molecule has 1 heterocycles. The normalized spacial score (nSPS) is 18.6. The van der Waals surface area contributed by atoms with E-state index in [1.54, 1.807) is 7.11 Å². The highest BCUT2D eigenvalue weighted by molar-refractivity contribution is 6.03. The molecular weight excluding hydrogens is 378 g/mol. The van der Waals surface area contributed by atoms with Crippen molar-refractivity contribution < 1.29 is 19.1 Å². The summed E-state index contributed by atoms with van der Waals surface area (Å²) in [6.07, 6.45) is 2.11. The molecule has 1 N–H and O–H groups in total. The number of hydrogen-bond donors (Lipinski definition) is 1. The van der Waals surface area contributed by atoms with Gasteiger partial charge in [0.05, 0.1) is 12.7 Å². The van der Waals surface area contributed by atoms with E-state index in [1.165, 1.54) is 0 Å². The molecule has 1 atom stereocenters. The summed E-state index contributed by atoms with van der Waals surface area (Å²) in [4.78, 5) is 26.1. The standard InChI is InChI=1S/C25H25NO4/c1-16-22(25(28)30-15-17-8-4-3-5-9-17)23(18-10-6-11-19(14-18)29-2)24-20(26-16)12-7-13-21(24)27/h3-6,8-11,14,23,26H,7,12-13,15H2,1-2H3. The van der Waals surface area contributed by atoms with Crippen LogP contribution in [0.1, 0.15) is 43.2 Å². The second kappa shape index (κ2) is 8.57.